The zero-order chi connectivity index (χ0) is 25.4. The Bertz CT molecular complexity index is 1040. The number of nitrogens with one attached hydrogen (secondary N) is 2. The van der Waals surface area contributed by atoms with Crippen LogP contribution in [0.1, 0.15) is 45.4 Å². The highest BCUT2D eigenvalue weighted by Crippen LogP contribution is 2.30. The fourth-order valence-corrected chi connectivity index (χ4v) is 4.68. The third-order valence-corrected chi connectivity index (χ3v) is 6.77. The Labute approximate surface area is 211 Å². The van der Waals surface area contributed by atoms with Crippen LogP contribution in [0.3, 0.4) is 0 Å². The van der Waals surface area contributed by atoms with Gasteiger partial charge in [-0.15, -0.1) is 0 Å². The van der Waals surface area contributed by atoms with E-state index in [1.165, 1.54) is 6.20 Å². The molecule has 0 aromatic carbocycles. The minimum Gasteiger partial charge on any atom is -0.476 e. The predicted octanol–water partition coefficient (Wildman–Crippen LogP) is 3.12. The van der Waals surface area contributed by atoms with Crippen molar-refractivity contribution in [1.29, 1.82) is 5.26 Å². The van der Waals surface area contributed by atoms with Crippen molar-refractivity contribution in [2.75, 3.05) is 38.9 Å². The molecule has 0 unspecified atom stereocenters. The van der Waals surface area contributed by atoms with Gasteiger partial charge in [-0.25, -0.2) is 19.3 Å². The standard InChI is InChI=1S/C25H34FN7O3/c1-17(14-34-2)30-18-3-5-19(6-4-18)31-24-29-13-20(26)22(33-24)23-28-10-7-21(32-23)36-16-25(15-27)8-11-35-12-9-25/h7,10,13,17-19,30H,3-6,8-9,11-12,14,16H2,1-2H3,(H,29,31,33)/t17-,18?,19?/m1/s1. The summed E-state index contributed by atoms with van der Waals surface area (Å²) >= 11 is 0. The first-order chi connectivity index (χ1) is 17.5. The molecule has 2 N–H and O–H groups in total. The van der Waals surface area contributed by atoms with Crippen LogP contribution in [-0.4, -0.2) is 71.6 Å². The minimum atomic E-state index is -0.615. The molecule has 0 bridgehead atoms. The number of hydrogen-bond donors (Lipinski definition) is 2. The van der Waals surface area contributed by atoms with E-state index >= 15 is 0 Å². The largest absolute Gasteiger partial charge is 0.476 e. The fourth-order valence-electron chi connectivity index (χ4n) is 4.68. The molecule has 0 amide bonds. The van der Waals surface area contributed by atoms with Gasteiger partial charge < -0.3 is 24.8 Å². The van der Waals surface area contributed by atoms with E-state index in [0.29, 0.717) is 50.7 Å². The molecule has 1 aliphatic heterocycles. The Kier molecular flexibility index (Phi) is 8.96. The third kappa shape index (κ3) is 6.84. The quantitative estimate of drug-likeness (QED) is 0.503. The highest BCUT2D eigenvalue weighted by atomic mass is 19.1. The SMILES string of the molecule is COC[C@@H](C)NC1CCC(Nc2ncc(F)c(-c3nccc(OCC4(C#N)CCOCC4)n3)n2)CC1. The maximum absolute atomic E-state index is 14.6. The van der Waals surface area contributed by atoms with Gasteiger partial charge in [0.2, 0.25) is 11.8 Å². The van der Waals surface area contributed by atoms with Gasteiger partial charge in [-0.2, -0.15) is 10.2 Å². The van der Waals surface area contributed by atoms with Gasteiger partial charge in [0.25, 0.3) is 0 Å². The maximum atomic E-state index is 14.6. The lowest BCUT2D eigenvalue weighted by molar-refractivity contribution is 0.0183. The Morgan fingerprint density at radius 2 is 1.94 bits per heavy atom. The number of rotatable bonds is 10. The van der Waals surface area contributed by atoms with Gasteiger partial charge in [0.1, 0.15) is 12.3 Å². The first-order valence-corrected chi connectivity index (χ1v) is 12.5. The smallest absolute Gasteiger partial charge is 0.223 e. The Morgan fingerprint density at radius 3 is 2.67 bits per heavy atom. The lowest BCUT2D eigenvalue weighted by Crippen LogP contribution is -2.43. The summed E-state index contributed by atoms with van der Waals surface area (Å²) in [6.45, 7) is 4.05. The van der Waals surface area contributed by atoms with Crippen molar-refractivity contribution in [3.05, 3.63) is 24.3 Å². The van der Waals surface area contributed by atoms with Crippen LogP contribution in [0.15, 0.2) is 18.5 Å². The van der Waals surface area contributed by atoms with Gasteiger partial charge >= 0.3 is 0 Å². The summed E-state index contributed by atoms with van der Waals surface area (Å²) in [5, 5.41) is 16.6. The van der Waals surface area contributed by atoms with Crippen molar-refractivity contribution in [3.63, 3.8) is 0 Å². The van der Waals surface area contributed by atoms with Gasteiger partial charge in [-0.1, -0.05) is 0 Å². The van der Waals surface area contributed by atoms with E-state index in [9.17, 15) is 9.65 Å². The van der Waals surface area contributed by atoms with Crippen LogP contribution in [0.4, 0.5) is 10.3 Å². The van der Waals surface area contributed by atoms with E-state index in [4.69, 9.17) is 14.2 Å². The molecule has 2 aliphatic rings. The summed E-state index contributed by atoms with van der Waals surface area (Å²) in [6.07, 6.45) is 7.79. The molecule has 0 spiro atoms. The topological polar surface area (TPSA) is 127 Å². The van der Waals surface area contributed by atoms with Crippen molar-refractivity contribution in [2.45, 2.75) is 63.6 Å². The summed E-state index contributed by atoms with van der Waals surface area (Å²) in [6, 6.07) is 4.92. The molecule has 2 aromatic heterocycles. The van der Waals surface area contributed by atoms with E-state index in [2.05, 4.69) is 43.6 Å². The summed E-state index contributed by atoms with van der Waals surface area (Å²) in [4.78, 5) is 17.0. The van der Waals surface area contributed by atoms with Crippen molar-refractivity contribution < 1.29 is 18.6 Å². The summed E-state index contributed by atoms with van der Waals surface area (Å²) in [7, 11) is 1.71. The molecule has 10 nitrogen and oxygen atoms in total. The second-order valence-corrected chi connectivity index (χ2v) is 9.62. The van der Waals surface area contributed by atoms with E-state index < -0.39 is 11.2 Å². The Balaban J connectivity index is 1.37. The van der Waals surface area contributed by atoms with Gasteiger partial charge in [-0.05, 0) is 45.4 Å². The van der Waals surface area contributed by atoms with Gasteiger partial charge in [0, 0.05) is 50.7 Å². The second kappa shape index (κ2) is 12.3. The van der Waals surface area contributed by atoms with Crippen LogP contribution >= 0.6 is 0 Å². The Morgan fingerprint density at radius 1 is 1.19 bits per heavy atom. The van der Waals surface area contributed by atoms with Crippen LogP contribution in [0.25, 0.3) is 11.5 Å². The molecule has 1 saturated heterocycles. The number of nitrogens with zero attached hydrogens (tertiary/aromatic N) is 5. The van der Waals surface area contributed by atoms with Crippen molar-refractivity contribution in [1.82, 2.24) is 25.3 Å². The van der Waals surface area contributed by atoms with E-state index in [1.54, 1.807) is 13.2 Å². The Hall–Kier alpha value is -2.94. The van der Waals surface area contributed by atoms with E-state index in [1.807, 2.05) is 0 Å². The molecule has 1 saturated carbocycles. The second-order valence-electron chi connectivity index (χ2n) is 9.62. The molecule has 11 heteroatoms. The number of nitriles is 1. The van der Waals surface area contributed by atoms with Crippen LogP contribution in [0, 0.1) is 22.6 Å². The molecule has 1 aliphatic carbocycles. The van der Waals surface area contributed by atoms with Crippen LogP contribution in [-0.2, 0) is 9.47 Å². The zero-order valence-electron chi connectivity index (χ0n) is 20.9. The van der Waals surface area contributed by atoms with E-state index in [-0.39, 0.29) is 30.0 Å². The van der Waals surface area contributed by atoms with Crippen molar-refractivity contribution >= 4 is 5.95 Å². The fraction of sp³-hybridized carbons (Fsp3) is 0.640. The normalized spacial score (nSPS) is 22.4. The average molecular weight is 500 g/mol. The molecule has 2 aromatic rings. The summed E-state index contributed by atoms with van der Waals surface area (Å²) in [5.41, 5.74) is -0.612. The van der Waals surface area contributed by atoms with Crippen LogP contribution < -0.4 is 15.4 Å². The highest BCUT2D eigenvalue weighted by molar-refractivity contribution is 5.52. The first-order valence-electron chi connectivity index (χ1n) is 12.5. The monoisotopic (exact) mass is 499 g/mol. The molecule has 194 valence electrons. The van der Waals surface area contributed by atoms with E-state index in [0.717, 1.165) is 31.9 Å². The van der Waals surface area contributed by atoms with Crippen molar-refractivity contribution in [2.24, 2.45) is 5.41 Å². The average Bonchev–Trinajstić information content (AvgIpc) is 2.90. The minimum absolute atomic E-state index is 0.00255. The summed E-state index contributed by atoms with van der Waals surface area (Å²) < 4.78 is 31.0. The lowest BCUT2D eigenvalue weighted by Gasteiger charge is -2.31. The summed E-state index contributed by atoms with van der Waals surface area (Å²) in [5.74, 6) is 0.0995. The number of hydrogen-bond acceptors (Lipinski definition) is 10. The van der Waals surface area contributed by atoms with Gasteiger partial charge in [0.15, 0.2) is 11.6 Å². The number of anilines is 1. The number of aromatic nitrogens is 4. The number of halogens is 1. The maximum Gasteiger partial charge on any atom is 0.223 e. The molecule has 4 rings (SSSR count). The first kappa shape index (κ1) is 26.1. The third-order valence-electron chi connectivity index (χ3n) is 6.77. The number of methoxy groups -OCH3 is 1. The molecule has 2 fully saturated rings. The molecular weight excluding hydrogens is 465 g/mol. The van der Waals surface area contributed by atoms with Crippen LogP contribution in [0.5, 0.6) is 5.88 Å². The molecular formula is C25H34FN7O3. The van der Waals surface area contributed by atoms with Gasteiger partial charge in [0.05, 0.1) is 24.3 Å². The molecule has 1 atom stereocenters. The molecule has 36 heavy (non-hydrogen) atoms. The zero-order valence-corrected chi connectivity index (χ0v) is 20.9. The van der Waals surface area contributed by atoms with Crippen molar-refractivity contribution in [3.8, 4) is 23.5 Å². The van der Waals surface area contributed by atoms with Crippen LogP contribution in [0.2, 0.25) is 0 Å². The lowest BCUT2D eigenvalue weighted by atomic mass is 9.83. The highest BCUT2D eigenvalue weighted by Gasteiger charge is 2.34. The van der Waals surface area contributed by atoms with Gasteiger partial charge in [-0.3, -0.25) is 0 Å². The molecule has 3 heterocycles. The number of ether oxygens (including phenoxy) is 3. The molecule has 0 radical (unpaired) electrons. The predicted molar refractivity (Wildman–Crippen MR) is 131 cm³/mol.